The maximum Gasteiger partial charge on any atom is 0.328 e. The van der Waals surface area contributed by atoms with Gasteiger partial charge in [-0.2, -0.15) is 0 Å². The summed E-state index contributed by atoms with van der Waals surface area (Å²) in [5.41, 5.74) is 0. The van der Waals surface area contributed by atoms with Gasteiger partial charge in [0.25, 0.3) is 0 Å². The summed E-state index contributed by atoms with van der Waals surface area (Å²) in [7, 11) is -2.36. The molecule has 18 heavy (non-hydrogen) atoms. The van der Waals surface area contributed by atoms with E-state index in [1.54, 1.807) is 13.8 Å². The van der Waals surface area contributed by atoms with Gasteiger partial charge in [0.1, 0.15) is 10.8 Å². The van der Waals surface area contributed by atoms with Crippen molar-refractivity contribution in [2.45, 2.75) is 38.5 Å². The highest BCUT2D eigenvalue weighted by atomic mass is 32.2. The number of hydrogen-bond donors (Lipinski definition) is 1. The van der Waals surface area contributed by atoms with Gasteiger partial charge in [-0.05, 0) is 19.8 Å². The van der Waals surface area contributed by atoms with E-state index in [2.05, 4.69) is 10.1 Å². The zero-order chi connectivity index (χ0) is 14.7. The first kappa shape index (κ1) is 16.9. The molecule has 1 amide bonds. The molecule has 0 aliphatic rings. The Hall–Kier alpha value is -1.11. The number of carbonyl (C=O) groups is 2. The highest BCUT2D eigenvalue weighted by molar-refractivity contribution is 7.92. The van der Waals surface area contributed by atoms with Crippen LogP contribution < -0.4 is 5.32 Å². The van der Waals surface area contributed by atoms with Crippen LogP contribution in [-0.2, 0) is 24.2 Å². The Morgan fingerprint density at radius 2 is 1.67 bits per heavy atom. The van der Waals surface area contributed by atoms with Gasteiger partial charge < -0.3 is 10.1 Å². The summed E-state index contributed by atoms with van der Waals surface area (Å²) in [5, 5.41) is 2.42. The predicted octanol–water partition coefficient (Wildman–Crippen LogP) is 0.123. The van der Waals surface area contributed by atoms with E-state index in [0.717, 1.165) is 6.26 Å². The maximum atomic E-state index is 11.9. The van der Waals surface area contributed by atoms with Crippen LogP contribution in [0.4, 0.5) is 0 Å². The van der Waals surface area contributed by atoms with Gasteiger partial charge in [0.15, 0.2) is 9.84 Å². The number of nitrogens with one attached hydrogen (secondary N) is 1. The Kier molecular flexibility index (Phi) is 5.34. The summed E-state index contributed by atoms with van der Waals surface area (Å²) in [4.78, 5) is 23.4. The molecular formula is C11H21NO5S. The Morgan fingerprint density at radius 3 is 1.94 bits per heavy atom. The normalized spacial score (nSPS) is 14.2. The van der Waals surface area contributed by atoms with E-state index in [4.69, 9.17) is 0 Å². The highest BCUT2D eigenvalue weighted by Crippen LogP contribution is 2.16. The molecule has 1 unspecified atom stereocenters. The highest BCUT2D eigenvalue weighted by Gasteiger charge is 2.40. The first-order chi connectivity index (χ1) is 7.95. The minimum Gasteiger partial charge on any atom is -0.467 e. The van der Waals surface area contributed by atoms with Crippen molar-refractivity contribution >= 4 is 21.7 Å². The van der Waals surface area contributed by atoms with Gasteiger partial charge in [-0.1, -0.05) is 13.8 Å². The van der Waals surface area contributed by atoms with Gasteiger partial charge in [0, 0.05) is 6.26 Å². The van der Waals surface area contributed by atoms with Crippen molar-refractivity contribution in [2.75, 3.05) is 13.4 Å². The Labute approximate surface area is 108 Å². The SMILES string of the molecule is COC(=O)C(NC(=O)C(C)(C)S(C)(=O)=O)C(C)C. The lowest BCUT2D eigenvalue weighted by atomic mass is 10.0. The van der Waals surface area contributed by atoms with Crippen LogP contribution in [0.3, 0.4) is 0 Å². The zero-order valence-electron chi connectivity index (χ0n) is 11.6. The van der Waals surface area contributed by atoms with Crippen molar-refractivity contribution in [3.05, 3.63) is 0 Å². The lowest BCUT2D eigenvalue weighted by molar-refractivity contribution is -0.146. The average molecular weight is 279 g/mol. The van der Waals surface area contributed by atoms with Crippen LogP contribution in [0.25, 0.3) is 0 Å². The number of methoxy groups -OCH3 is 1. The van der Waals surface area contributed by atoms with Gasteiger partial charge in [-0.25, -0.2) is 13.2 Å². The number of amides is 1. The molecular weight excluding hydrogens is 258 g/mol. The molecule has 106 valence electrons. The molecule has 0 aromatic heterocycles. The van der Waals surface area contributed by atoms with Gasteiger partial charge >= 0.3 is 5.97 Å². The molecule has 0 fully saturated rings. The molecule has 1 atom stereocenters. The van der Waals surface area contributed by atoms with Crippen LogP contribution in [0.5, 0.6) is 0 Å². The molecule has 0 rings (SSSR count). The summed E-state index contributed by atoms with van der Waals surface area (Å²) in [6, 6.07) is -0.858. The standard InChI is InChI=1S/C11H21NO5S/c1-7(2)8(9(13)17-5)12-10(14)11(3,4)18(6,15)16/h7-8H,1-6H3,(H,12,14). The molecule has 0 aliphatic carbocycles. The third-order valence-corrected chi connectivity index (χ3v) is 4.92. The van der Waals surface area contributed by atoms with Crippen LogP contribution in [0, 0.1) is 5.92 Å². The monoisotopic (exact) mass is 279 g/mol. The van der Waals surface area contributed by atoms with Crippen LogP contribution in [-0.4, -0.2) is 44.4 Å². The summed E-state index contributed by atoms with van der Waals surface area (Å²) in [5.74, 6) is -1.51. The third kappa shape index (κ3) is 3.69. The fourth-order valence-corrected chi connectivity index (χ4v) is 1.50. The Balaban J connectivity index is 5.10. The third-order valence-electron chi connectivity index (χ3n) is 2.88. The number of esters is 1. The van der Waals surface area contributed by atoms with Crippen molar-refractivity contribution in [1.82, 2.24) is 5.32 Å². The van der Waals surface area contributed by atoms with Gasteiger partial charge in [-0.15, -0.1) is 0 Å². The van der Waals surface area contributed by atoms with E-state index in [0.29, 0.717) is 0 Å². The molecule has 0 saturated heterocycles. The van der Waals surface area contributed by atoms with Gasteiger partial charge in [0.05, 0.1) is 7.11 Å². The van der Waals surface area contributed by atoms with Gasteiger partial charge in [-0.3, -0.25) is 4.79 Å². The minimum atomic E-state index is -3.57. The molecule has 0 aliphatic heterocycles. The lowest BCUT2D eigenvalue weighted by Crippen LogP contribution is -2.54. The van der Waals surface area contributed by atoms with Crippen molar-refractivity contribution in [1.29, 1.82) is 0 Å². The summed E-state index contributed by atoms with van der Waals surface area (Å²) in [6.45, 7) is 6.06. The fourth-order valence-electron chi connectivity index (χ4n) is 1.11. The molecule has 0 aromatic rings. The topological polar surface area (TPSA) is 89.5 Å². The molecule has 0 bridgehead atoms. The second-order valence-corrected chi connectivity index (χ2v) is 7.57. The van der Waals surface area contributed by atoms with E-state index in [1.807, 2.05) is 0 Å². The van der Waals surface area contributed by atoms with Crippen molar-refractivity contribution in [3.8, 4) is 0 Å². The average Bonchev–Trinajstić information content (AvgIpc) is 2.22. The molecule has 1 N–H and O–H groups in total. The number of ether oxygens (including phenoxy) is 1. The molecule has 0 radical (unpaired) electrons. The van der Waals surface area contributed by atoms with Crippen LogP contribution in [0.2, 0.25) is 0 Å². The molecule has 0 heterocycles. The lowest BCUT2D eigenvalue weighted by Gasteiger charge is -2.26. The molecule has 0 saturated carbocycles. The van der Waals surface area contributed by atoms with Crippen LogP contribution in [0.1, 0.15) is 27.7 Å². The number of carbonyl (C=O) groups excluding carboxylic acids is 2. The largest absolute Gasteiger partial charge is 0.467 e. The molecule has 0 aromatic carbocycles. The molecule has 7 heteroatoms. The number of hydrogen-bond acceptors (Lipinski definition) is 5. The van der Waals surface area contributed by atoms with E-state index in [9.17, 15) is 18.0 Å². The quantitative estimate of drug-likeness (QED) is 0.722. The smallest absolute Gasteiger partial charge is 0.328 e. The Bertz CT molecular complexity index is 425. The minimum absolute atomic E-state index is 0.197. The summed E-state index contributed by atoms with van der Waals surface area (Å²) < 4.78 is 26.0. The Morgan fingerprint density at radius 1 is 1.22 bits per heavy atom. The van der Waals surface area contributed by atoms with E-state index < -0.39 is 32.5 Å². The summed E-state index contributed by atoms with van der Waals surface area (Å²) in [6.07, 6.45) is 0.981. The first-order valence-corrected chi connectivity index (χ1v) is 7.42. The second kappa shape index (κ2) is 5.69. The molecule has 6 nitrogen and oxygen atoms in total. The zero-order valence-corrected chi connectivity index (χ0v) is 12.4. The fraction of sp³-hybridized carbons (Fsp3) is 0.818. The first-order valence-electron chi connectivity index (χ1n) is 5.53. The van der Waals surface area contributed by atoms with Gasteiger partial charge in [0.2, 0.25) is 5.91 Å². The predicted molar refractivity (Wildman–Crippen MR) is 67.7 cm³/mol. The van der Waals surface area contributed by atoms with Crippen LogP contribution >= 0.6 is 0 Å². The van der Waals surface area contributed by atoms with E-state index >= 15 is 0 Å². The van der Waals surface area contributed by atoms with Crippen molar-refractivity contribution in [3.63, 3.8) is 0 Å². The summed E-state index contributed by atoms with van der Waals surface area (Å²) >= 11 is 0. The molecule has 0 spiro atoms. The maximum absolute atomic E-state index is 11.9. The number of rotatable bonds is 5. The van der Waals surface area contributed by atoms with E-state index in [-0.39, 0.29) is 5.92 Å². The second-order valence-electron chi connectivity index (χ2n) is 5.00. The van der Waals surface area contributed by atoms with E-state index in [1.165, 1.54) is 21.0 Å². The van der Waals surface area contributed by atoms with Crippen LogP contribution in [0.15, 0.2) is 0 Å². The van der Waals surface area contributed by atoms with Crippen molar-refractivity contribution < 1.29 is 22.7 Å². The van der Waals surface area contributed by atoms with Crippen molar-refractivity contribution in [2.24, 2.45) is 5.92 Å². The number of sulfone groups is 1.